The zero-order valence-electron chi connectivity index (χ0n) is 14.3. The molecule has 0 spiro atoms. The number of carbonyl (C=O) groups excluding carboxylic acids is 1. The number of pyridine rings is 1. The van der Waals surface area contributed by atoms with E-state index in [0.29, 0.717) is 6.54 Å². The fourth-order valence-electron chi connectivity index (χ4n) is 3.66. The van der Waals surface area contributed by atoms with Gasteiger partial charge in [0.1, 0.15) is 0 Å². The summed E-state index contributed by atoms with van der Waals surface area (Å²) in [5.41, 5.74) is 5.72. The highest BCUT2D eigenvalue weighted by Crippen LogP contribution is 2.22. The third-order valence-electron chi connectivity index (χ3n) is 5.01. The molecule has 0 unspecified atom stereocenters. The molecule has 4 rings (SSSR count). The van der Waals surface area contributed by atoms with Crippen molar-refractivity contribution in [2.45, 2.75) is 32.1 Å². The fraction of sp³-hybridized carbons (Fsp3) is 0.273. The van der Waals surface area contributed by atoms with Gasteiger partial charge in [-0.25, -0.2) is 0 Å². The number of benzene rings is 2. The van der Waals surface area contributed by atoms with E-state index in [-0.39, 0.29) is 5.91 Å². The van der Waals surface area contributed by atoms with Crippen LogP contribution in [0.15, 0.2) is 54.7 Å². The third kappa shape index (κ3) is 3.41. The third-order valence-corrected chi connectivity index (χ3v) is 5.01. The minimum absolute atomic E-state index is 0.0153. The molecule has 3 nitrogen and oxygen atoms in total. The number of hydrogen-bond donors (Lipinski definition) is 1. The van der Waals surface area contributed by atoms with Crippen LogP contribution in [-0.4, -0.2) is 17.4 Å². The Kier molecular flexibility index (Phi) is 4.47. The van der Waals surface area contributed by atoms with Crippen LogP contribution < -0.4 is 5.32 Å². The summed E-state index contributed by atoms with van der Waals surface area (Å²) in [7, 11) is 0. The standard InChI is InChI=1S/C22H22N2O/c25-22(20-11-10-16-5-1-2-6-19(16)15-20)24-14-12-18-8-3-7-17-9-4-13-23-21(17)18/h3-4,7-11,13,15H,1-2,5-6,12,14H2,(H,24,25). The summed E-state index contributed by atoms with van der Waals surface area (Å²) in [4.78, 5) is 16.9. The van der Waals surface area contributed by atoms with E-state index in [2.05, 4.69) is 40.6 Å². The van der Waals surface area contributed by atoms with Gasteiger partial charge in [0.25, 0.3) is 5.91 Å². The maximum absolute atomic E-state index is 12.5. The van der Waals surface area contributed by atoms with Gasteiger partial charge in [-0.1, -0.05) is 30.3 Å². The van der Waals surface area contributed by atoms with Crippen LogP contribution in [0.4, 0.5) is 0 Å². The number of aromatic nitrogens is 1. The van der Waals surface area contributed by atoms with Crippen molar-refractivity contribution in [2.75, 3.05) is 6.54 Å². The highest BCUT2D eigenvalue weighted by molar-refractivity contribution is 5.94. The Labute approximate surface area is 148 Å². The molecule has 1 aliphatic carbocycles. The predicted molar refractivity (Wildman–Crippen MR) is 101 cm³/mol. The lowest BCUT2D eigenvalue weighted by Crippen LogP contribution is -2.26. The molecule has 1 heterocycles. The summed E-state index contributed by atoms with van der Waals surface area (Å²) in [6.45, 7) is 0.617. The number of aryl methyl sites for hydroxylation is 2. The highest BCUT2D eigenvalue weighted by Gasteiger charge is 2.12. The van der Waals surface area contributed by atoms with Crippen molar-refractivity contribution in [3.63, 3.8) is 0 Å². The molecule has 1 aromatic heterocycles. The molecule has 0 saturated heterocycles. The van der Waals surface area contributed by atoms with E-state index in [1.807, 2.05) is 24.4 Å². The first-order valence-corrected chi connectivity index (χ1v) is 9.04. The molecule has 0 saturated carbocycles. The Morgan fingerprint density at radius 3 is 2.76 bits per heavy atom. The molecule has 0 bridgehead atoms. The molecule has 2 aromatic carbocycles. The quantitative estimate of drug-likeness (QED) is 0.783. The van der Waals surface area contributed by atoms with Crippen molar-refractivity contribution in [3.05, 3.63) is 77.0 Å². The van der Waals surface area contributed by atoms with Gasteiger partial charge in [0.05, 0.1) is 5.52 Å². The monoisotopic (exact) mass is 330 g/mol. The molecule has 1 N–H and O–H groups in total. The second kappa shape index (κ2) is 7.06. The van der Waals surface area contributed by atoms with E-state index in [1.54, 1.807) is 0 Å². The van der Waals surface area contributed by atoms with Gasteiger partial charge in [0.15, 0.2) is 0 Å². The number of rotatable bonds is 4. The molecule has 3 aromatic rings. The summed E-state index contributed by atoms with van der Waals surface area (Å²) in [5.74, 6) is 0.0153. The van der Waals surface area contributed by atoms with Gasteiger partial charge < -0.3 is 5.32 Å². The molecule has 25 heavy (non-hydrogen) atoms. The minimum atomic E-state index is 0.0153. The Morgan fingerprint density at radius 2 is 1.84 bits per heavy atom. The summed E-state index contributed by atoms with van der Waals surface area (Å²) in [5, 5.41) is 4.19. The number of para-hydroxylation sites is 1. The average molecular weight is 330 g/mol. The van der Waals surface area contributed by atoms with Gasteiger partial charge in [0.2, 0.25) is 0 Å². The molecule has 0 aliphatic heterocycles. The van der Waals surface area contributed by atoms with Crippen LogP contribution in [0.25, 0.3) is 10.9 Å². The molecule has 3 heteroatoms. The molecule has 0 radical (unpaired) electrons. The zero-order valence-corrected chi connectivity index (χ0v) is 14.3. The van der Waals surface area contributed by atoms with Gasteiger partial charge >= 0.3 is 0 Å². The molecule has 1 amide bonds. The number of fused-ring (bicyclic) bond motifs is 2. The maximum atomic E-state index is 12.5. The van der Waals surface area contributed by atoms with Gasteiger partial charge in [-0.2, -0.15) is 0 Å². The first kappa shape index (κ1) is 15.8. The van der Waals surface area contributed by atoms with Gasteiger partial charge in [-0.15, -0.1) is 0 Å². The fourth-order valence-corrected chi connectivity index (χ4v) is 3.66. The van der Waals surface area contributed by atoms with Gasteiger partial charge in [-0.05, 0) is 67.0 Å². The molecule has 1 aliphatic rings. The van der Waals surface area contributed by atoms with Crippen molar-refractivity contribution >= 4 is 16.8 Å². The topological polar surface area (TPSA) is 42.0 Å². The van der Waals surface area contributed by atoms with E-state index in [4.69, 9.17) is 0 Å². The van der Waals surface area contributed by atoms with Gasteiger partial charge in [0, 0.05) is 23.7 Å². The molecule has 0 fully saturated rings. The van der Waals surface area contributed by atoms with Crippen molar-refractivity contribution in [1.82, 2.24) is 10.3 Å². The second-order valence-corrected chi connectivity index (χ2v) is 6.69. The number of hydrogen-bond acceptors (Lipinski definition) is 2. The van der Waals surface area contributed by atoms with E-state index in [1.165, 1.54) is 29.5 Å². The zero-order chi connectivity index (χ0) is 17.1. The summed E-state index contributed by atoms with van der Waals surface area (Å²) >= 11 is 0. The van der Waals surface area contributed by atoms with Crippen molar-refractivity contribution < 1.29 is 4.79 Å². The van der Waals surface area contributed by atoms with E-state index < -0.39 is 0 Å². The van der Waals surface area contributed by atoms with Crippen LogP contribution in [0.1, 0.15) is 39.9 Å². The number of amides is 1. The lowest BCUT2D eigenvalue weighted by Gasteiger charge is -2.16. The Morgan fingerprint density at radius 1 is 1.00 bits per heavy atom. The van der Waals surface area contributed by atoms with Crippen LogP contribution in [0.5, 0.6) is 0 Å². The van der Waals surface area contributed by atoms with Gasteiger partial charge in [-0.3, -0.25) is 9.78 Å². The second-order valence-electron chi connectivity index (χ2n) is 6.69. The van der Waals surface area contributed by atoms with Crippen molar-refractivity contribution in [3.8, 4) is 0 Å². The Balaban J connectivity index is 1.42. The van der Waals surface area contributed by atoms with E-state index in [9.17, 15) is 4.79 Å². The summed E-state index contributed by atoms with van der Waals surface area (Å²) in [6, 6.07) is 16.4. The largest absolute Gasteiger partial charge is 0.352 e. The number of carbonyl (C=O) groups is 1. The highest BCUT2D eigenvalue weighted by atomic mass is 16.1. The Hall–Kier alpha value is -2.68. The number of nitrogens with one attached hydrogen (secondary N) is 1. The van der Waals surface area contributed by atoms with Crippen molar-refractivity contribution in [2.24, 2.45) is 0 Å². The first-order valence-electron chi connectivity index (χ1n) is 9.04. The average Bonchev–Trinajstić information content (AvgIpc) is 2.67. The van der Waals surface area contributed by atoms with E-state index >= 15 is 0 Å². The molecule has 0 atom stereocenters. The number of nitrogens with zero attached hydrogens (tertiary/aromatic N) is 1. The lowest BCUT2D eigenvalue weighted by molar-refractivity contribution is 0.0954. The molecular weight excluding hydrogens is 308 g/mol. The van der Waals surface area contributed by atoms with E-state index in [0.717, 1.165) is 35.7 Å². The normalized spacial score (nSPS) is 13.4. The van der Waals surface area contributed by atoms with Crippen LogP contribution in [0.2, 0.25) is 0 Å². The van der Waals surface area contributed by atoms with Crippen LogP contribution >= 0.6 is 0 Å². The van der Waals surface area contributed by atoms with Crippen LogP contribution in [0.3, 0.4) is 0 Å². The minimum Gasteiger partial charge on any atom is -0.352 e. The molecular formula is C22H22N2O. The van der Waals surface area contributed by atoms with Crippen LogP contribution in [-0.2, 0) is 19.3 Å². The van der Waals surface area contributed by atoms with Crippen LogP contribution in [0, 0.1) is 0 Å². The predicted octanol–water partition coefficient (Wildman–Crippen LogP) is 4.09. The molecule has 126 valence electrons. The Bertz CT molecular complexity index is 912. The lowest BCUT2D eigenvalue weighted by atomic mass is 9.90. The maximum Gasteiger partial charge on any atom is 0.251 e. The first-order chi connectivity index (χ1) is 12.3. The SMILES string of the molecule is O=C(NCCc1cccc2cccnc12)c1ccc2c(c1)CCCC2. The summed E-state index contributed by atoms with van der Waals surface area (Å²) < 4.78 is 0. The summed E-state index contributed by atoms with van der Waals surface area (Å²) in [6.07, 6.45) is 7.33. The smallest absolute Gasteiger partial charge is 0.251 e. The van der Waals surface area contributed by atoms with Crippen molar-refractivity contribution in [1.29, 1.82) is 0 Å².